The van der Waals surface area contributed by atoms with E-state index in [0.29, 0.717) is 5.56 Å². The average molecular weight is 679 g/mol. The number of ketones is 1. The van der Waals surface area contributed by atoms with Gasteiger partial charge in [-0.1, -0.05) is 62.4 Å². The van der Waals surface area contributed by atoms with Gasteiger partial charge in [-0.25, -0.2) is 9.59 Å². The Morgan fingerprint density at radius 2 is 1.59 bits per heavy atom. The molecule has 0 radical (unpaired) electrons. The van der Waals surface area contributed by atoms with Gasteiger partial charge in [0.1, 0.15) is 24.4 Å². The predicted octanol–water partition coefficient (Wildman–Crippen LogP) is 3.44. The van der Waals surface area contributed by atoms with Crippen LogP contribution in [0.1, 0.15) is 63.4 Å². The van der Waals surface area contributed by atoms with Crippen molar-refractivity contribution in [3.63, 3.8) is 0 Å². The van der Waals surface area contributed by atoms with Crippen molar-refractivity contribution in [2.45, 2.75) is 95.8 Å². The molecule has 1 aliphatic heterocycles. The van der Waals surface area contributed by atoms with Gasteiger partial charge in [0, 0.05) is 25.2 Å². The first-order valence-electron chi connectivity index (χ1n) is 16.4. The van der Waals surface area contributed by atoms with Gasteiger partial charge in [-0.2, -0.15) is 0 Å². The zero-order valence-corrected chi connectivity index (χ0v) is 28.1. The van der Waals surface area contributed by atoms with Crippen LogP contribution in [-0.2, 0) is 39.9 Å². The van der Waals surface area contributed by atoms with E-state index in [4.69, 9.17) is 23.7 Å². The monoisotopic (exact) mass is 678 g/mol. The van der Waals surface area contributed by atoms with Crippen LogP contribution < -0.4 is 0 Å². The lowest BCUT2D eigenvalue weighted by molar-refractivity contribution is -0.345. The third kappa shape index (κ3) is 5.36. The maximum absolute atomic E-state index is 15.2. The van der Waals surface area contributed by atoms with Crippen molar-refractivity contribution in [1.29, 1.82) is 0 Å². The number of aliphatic hydroxyl groups is 3. The van der Waals surface area contributed by atoms with Gasteiger partial charge in [-0.3, -0.25) is 9.59 Å². The molecule has 262 valence electrons. The minimum Gasteiger partial charge on any atom is -0.455 e. The van der Waals surface area contributed by atoms with Crippen LogP contribution in [0.25, 0.3) is 0 Å². The number of ether oxygens (including phenoxy) is 5. The van der Waals surface area contributed by atoms with Gasteiger partial charge in [-0.15, -0.1) is 0 Å². The van der Waals surface area contributed by atoms with Gasteiger partial charge in [0.05, 0.1) is 35.7 Å². The third-order valence-corrected chi connectivity index (χ3v) is 11.3. The molecule has 4 aliphatic rings. The van der Waals surface area contributed by atoms with Crippen LogP contribution in [0.2, 0.25) is 0 Å². The standard InChI is InChI=1S/C37H42O12/c1-20-24(39)17-37(44)31(48-32(42)23-14-10-7-11-15-23)29-35(5,25(40)16-26-36(29,19-46-26)49-21(2)38)30(41)28(27(20)34(37,3)4)47-33(43)45-18-22-12-8-6-9-13-22/h6-15,24-26,28-29,31,39-40,44H,16-19H2,1-5H3/t24-,25-,26+,28+,29?,31-,35+,36-,37+/m0/s1. The van der Waals surface area contributed by atoms with Crippen molar-refractivity contribution in [2.24, 2.45) is 16.7 Å². The summed E-state index contributed by atoms with van der Waals surface area (Å²) in [6.07, 6.45) is -8.94. The molecule has 9 atom stereocenters. The molecule has 6 rings (SSSR count). The number of carbonyl (C=O) groups excluding carboxylic acids is 4. The first kappa shape index (κ1) is 34.8. The van der Waals surface area contributed by atoms with E-state index in [1.54, 1.807) is 69.3 Å². The minimum atomic E-state index is -2.18. The fraction of sp³-hybridized carbons (Fsp3) is 0.514. The molecular weight excluding hydrogens is 636 g/mol. The van der Waals surface area contributed by atoms with Gasteiger partial charge in [0.2, 0.25) is 0 Å². The molecule has 1 unspecified atom stereocenters. The summed E-state index contributed by atoms with van der Waals surface area (Å²) in [6, 6.07) is 16.9. The Hall–Kier alpha value is -4.10. The molecule has 12 nitrogen and oxygen atoms in total. The second-order valence-electron chi connectivity index (χ2n) is 14.3. The summed E-state index contributed by atoms with van der Waals surface area (Å²) in [5.74, 6) is -3.81. The highest BCUT2D eigenvalue weighted by Crippen LogP contribution is 2.64. The SMILES string of the molecule is CC(=O)O[C@@]12CO[C@@H]1C[C@H](O)[C@@]1(C)C(=O)[C@H](OC(=O)OCc3ccccc3)C3=C(C)[C@@H](O)C[C@@](O)([C@@H](OC(=O)c4ccccc4)C12)C3(C)C. The zero-order valence-electron chi connectivity index (χ0n) is 28.1. The Morgan fingerprint density at radius 3 is 2.18 bits per heavy atom. The van der Waals surface area contributed by atoms with Gasteiger partial charge in [0.15, 0.2) is 17.5 Å². The Bertz CT molecular complexity index is 1670. The number of fused-ring (bicyclic) bond motifs is 5. The van der Waals surface area contributed by atoms with Crippen molar-refractivity contribution in [3.8, 4) is 0 Å². The summed E-state index contributed by atoms with van der Waals surface area (Å²) in [7, 11) is 0. The molecule has 3 N–H and O–H groups in total. The lowest BCUT2D eigenvalue weighted by Crippen LogP contribution is -2.81. The van der Waals surface area contributed by atoms with Crippen LogP contribution in [0.5, 0.6) is 0 Å². The average Bonchev–Trinajstić information content (AvgIpc) is 3.06. The summed E-state index contributed by atoms with van der Waals surface area (Å²) in [5.41, 5.74) is -6.18. The highest BCUT2D eigenvalue weighted by atomic mass is 16.7. The van der Waals surface area contributed by atoms with Crippen LogP contribution in [0.15, 0.2) is 71.8 Å². The Kier molecular flexibility index (Phi) is 8.76. The van der Waals surface area contributed by atoms with Crippen molar-refractivity contribution < 1.29 is 58.2 Å². The number of esters is 2. The van der Waals surface area contributed by atoms with Gasteiger partial charge in [-0.05, 0) is 42.7 Å². The fourth-order valence-electron chi connectivity index (χ4n) is 8.59. The van der Waals surface area contributed by atoms with Gasteiger partial charge >= 0.3 is 18.1 Å². The van der Waals surface area contributed by atoms with Gasteiger partial charge in [0.25, 0.3) is 0 Å². The molecule has 1 saturated heterocycles. The normalized spacial score (nSPS) is 36.1. The lowest BCUT2D eigenvalue weighted by atomic mass is 9.44. The number of Topliss-reactive ketones (excluding diaryl/α,β-unsaturated/α-hetero) is 1. The number of rotatable bonds is 6. The third-order valence-electron chi connectivity index (χ3n) is 11.3. The van der Waals surface area contributed by atoms with Crippen LogP contribution in [0.3, 0.4) is 0 Å². The van der Waals surface area contributed by atoms with Crippen molar-refractivity contribution in [3.05, 3.63) is 82.9 Å². The molecule has 0 amide bonds. The van der Waals surface area contributed by atoms with Crippen LogP contribution in [0.4, 0.5) is 4.79 Å². The summed E-state index contributed by atoms with van der Waals surface area (Å²) in [4.78, 5) is 55.2. The number of hydrogen-bond donors (Lipinski definition) is 3. The number of hydrogen-bond acceptors (Lipinski definition) is 12. The number of aliphatic hydroxyl groups excluding tert-OH is 2. The Labute approximate surface area is 283 Å². The lowest BCUT2D eigenvalue weighted by Gasteiger charge is -2.67. The number of benzene rings is 2. The summed E-state index contributed by atoms with van der Waals surface area (Å²) in [5, 5.41) is 36.5. The van der Waals surface area contributed by atoms with E-state index in [0.717, 1.165) is 0 Å². The summed E-state index contributed by atoms with van der Waals surface area (Å²) >= 11 is 0. The Balaban J connectivity index is 1.54. The molecule has 12 heteroatoms. The van der Waals surface area contributed by atoms with E-state index < -0.39 is 82.3 Å². The molecule has 2 bridgehead atoms. The van der Waals surface area contributed by atoms with Crippen molar-refractivity contribution in [1.82, 2.24) is 0 Å². The number of carbonyl (C=O) groups is 4. The minimum absolute atomic E-state index is 0.0802. The highest BCUT2D eigenvalue weighted by molar-refractivity contribution is 5.95. The first-order chi connectivity index (χ1) is 23.1. The maximum atomic E-state index is 15.2. The molecule has 1 heterocycles. The molecule has 3 fully saturated rings. The van der Waals surface area contributed by atoms with Crippen molar-refractivity contribution >= 4 is 23.9 Å². The molecule has 49 heavy (non-hydrogen) atoms. The Morgan fingerprint density at radius 1 is 0.959 bits per heavy atom. The fourth-order valence-corrected chi connectivity index (χ4v) is 8.59. The molecule has 0 spiro atoms. The van der Waals surface area contributed by atoms with Crippen molar-refractivity contribution in [2.75, 3.05) is 6.61 Å². The van der Waals surface area contributed by atoms with E-state index in [1.165, 1.54) is 26.0 Å². The second-order valence-corrected chi connectivity index (χ2v) is 14.3. The summed E-state index contributed by atoms with van der Waals surface area (Å²) in [6.45, 7) is 7.00. The zero-order chi connectivity index (χ0) is 35.5. The van der Waals surface area contributed by atoms with Gasteiger partial charge < -0.3 is 39.0 Å². The second kappa shape index (κ2) is 12.3. The smallest absolute Gasteiger partial charge is 0.455 e. The quantitative estimate of drug-likeness (QED) is 0.231. The topological polar surface area (TPSA) is 175 Å². The summed E-state index contributed by atoms with van der Waals surface area (Å²) < 4.78 is 29.3. The molecule has 0 aromatic heterocycles. The largest absolute Gasteiger partial charge is 0.509 e. The van der Waals surface area contributed by atoms with E-state index in [2.05, 4.69) is 0 Å². The molecule has 3 aliphatic carbocycles. The van der Waals surface area contributed by atoms with E-state index in [1.807, 2.05) is 0 Å². The predicted molar refractivity (Wildman–Crippen MR) is 171 cm³/mol. The molecule has 2 aromatic carbocycles. The highest BCUT2D eigenvalue weighted by Gasteiger charge is 2.78. The molecule has 2 aromatic rings. The maximum Gasteiger partial charge on any atom is 0.509 e. The molecule has 2 saturated carbocycles. The first-order valence-corrected chi connectivity index (χ1v) is 16.4. The molecular formula is C37H42O12. The van der Waals surface area contributed by atoms with Crippen LogP contribution in [-0.4, -0.2) is 87.5 Å². The van der Waals surface area contributed by atoms with Crippen LogP contribution >= 0.6 is 0 Å². The van der Waals surface area contributed by atoms with E-state index in [9.17, 15) is 29.7 Å². The van der Waals surface area contributed by atoms with E-state index >= 15 is 4.79 Å². The van der Waals surface area contributed by atoms with E-state index in [-0.39, 0.29) is 42.8 Å². The van der Waals surface area contributed by atoms with Crippen LogP contribution in [0, 0.1) is 16.7 Å².